The van der Waals surface area contributed by atoms with Gasteiger partial charge < -0.3 is 14.8 Å². The Morgan fingerprint density at radius 3 is 2.90 bits per heavy atom. The fourth-order valence-electron chi connectivity index (χ4n) is 2.44. The molecule has 4 heteroatoms. The van der Waals surface area contributed by atoms with Crippen LogP contribution in [0.15, 0.2) is 18.2 Å². The van der Waals surface area contributed by atoms with Crippen molar-refractivity contribution in [2.24, 2.45) is 0 Å². The van der Waals surface area contributed by atoms with Crippen LogP contribution in [0, 0.1) is 0 Å². The second kappa shape index (κ2) is 8.42. The van der Waals surface area contributed by atoms with Gasteiger partial charge in [-0.3, -0.25) is 0 Å². The molecular weight excluding hydrogens is 270 g/mol. The van der Waals surface area contributed by atoms with E-state index in [2.05, 4.69) is 29.2 Å². The van der Waals surface area contributed by atoms with E-state index in [1.807, 2.05) is 13.0 Å². The molecule has 1 aliphatic heterocycles. The molecule has 1 N–H and O–H groups in total. The van der Waals surface area contributed by atoms with E-state index in [-0.39, 0.29) is 0 Å². The van der Waals surface area contributed by atoms with Crippen LogP contribution in [0.2, 0.25) is 0 Å². The lowest BCUT2D eigenvalue weighted by molar-refractivity contribution is 0.310. The lowest BCUT2D eigenvalue weighted by atomic mass is 10.1. The van der Waals surface area contributed by atoms with E-state index in [9.17, 15) is 0 Å². The van der Waals surface area contributed by atoms with Crippen molar-refractivity contribution < 1.29 is 9.47 Å². The van der Waals surface area contributed by atoms with Gasteiger partial charge in [-0.15, -0.1) is 0 Å². The highest BCUT2D eigenvalue weighted by molar-refractivity contribution is 7.99. The van der Waals surface area contributed by atoms with Gasteiger partial charge in [0.2, 0.25) is 0 Å². The quantitative estimate of drug-likeness (QED) is 0.834. The molecule has 1 aromatic rings. The molecule has 2 rings (SSSR count). The number of benzene rings is 1. The van der Waals surface area contributed by atoms with Gasteiger partial charge >= 0.3 is 0 Å². The molecule has 1 aliphatic rings. The SMILES string of the molecule is CCOc1ccc(CNCC2CCCCS2)cc1OC. The van der Waals surface area contributed by atoms with Gasteiger partial charge in [0.05, 0.1) is 13.7 Å². The van der Waals surface area contributed by atoms with E-state index >= 15 is 0 Å². The van der Waals surface area contributed by atoms with E-state index in [1.54, 1.807) is 7.11 Å². The van der Waals surface area contributed by atoms with Crippen molar-refractivity contribution >= 4 is 11.8 Å². The van der Waals surface area contributed by atoms with Crippen molar-refractivity contribution in [3.05, 3.63) is 23.8 Å². The summed E-state index contributed by atoms with van der Waals surface area (Å²) in [6, 6.07) is 6.16. The molecular formula is C16H25NO2S. The number of methoxy groups -OCH3 is 1. The Balaban J connectivity index is 1.82. The summed E-state index contributed by atoms with van der Waals surface area (Å²) >= 11 is 2.11. The summed E-state index contributed by atoms with van der Waals surface area (Å²) in [5.74, 6) is 2.96. The number of rotatable bonds is 7. The molecule has 20 heavy (non-hydrogen) atoms. The summed E-state index contributed by atoms with van der Waals surface area (Å²) in [6.45, 7) is 4.63. The summed E-state index contributed by atoms with van der Waals surface area (Å²) in [5, 5.41) is 4.34. The highest BCUT2D eigenvalue weighted by Gasteiger charge is 2.13. The molecule has 0 bridgehead atoms. The average molecular weight is 295 g/mol. The molecule has 1 atom stereocenters. The van der Waals surface area contributed by atoms with Crippen LogP contribution in [0.5, 0.6) is 11.5 Å². The largest absolute Gasteiger partial charge is 0.493 e. The van der Waals surface area contributed by atoms with Gasteiger partial charge in [0.25, 0.3) is 0 Å². The minimum Gasteiger partial charge on any atom is -0.493 e. The van der Waals surface area contributed by atoms with Gasteiger partial charge in [-0.05, 0) is 43.2 Å². The smallest absolute Gasteiger partial charge is 0.161 e. The van der Waals surface area contributed by atoms with Gasteiger partial charge in [-0.2, -0.15) is 11.8 Å². The van der Waals surface area contributed by atoms with Gasteiger partial charge in [-0.25, -0.2) is 0 Å². The average Bonchev–Trinajstić information content (AvgIpc) is 2.50. The Morgan fingerprint density at radius 2 is 2.20 bits per heavy atom. The number of ether oxygens (including phenoxy) is 2. The zero-order valence-corrected chi connectivity index (χ0v) is 13.3. The van der Waals surface area contributed by atoms with E-state index < -0.39 is 0 Å². The van der Waals surface area contributed by atoms with Crippen molar-refractivity contribution in [2.45, 2.75) is 38.0 Å². The Bertz CT molecular complexity index is 405. The number of nitrogens with one attached hydrogen (secondary N) is 1. The zero-order chi connectivity index (χ0) is 14.2. The Kier molecular flexibility index (Phi) is 6.54. The molecule has 0 amide bonds. The minimum absolute atomic E-state index is 0.660. The molecule has 1 unspecified atom stereocenters. The molecule has 1 fully saturated rings. The van der Waals surface area contributed by atoms with E-state index in [0.717, 1.165) is 29.8 Å². The van der Waals surface area contributed by atoms with E-state index in [1.165, 1.54) is 30.6 Å². The normalized spacial score (nSPS) is 18.8. The van der Waals surface area contributed by atoms with Crippen molar-refractivity contribution in [3.63, 3.8) is 0 Å². The number of thioether (sulfide) groups is 1. The van der Waals surface area contributed by atoms with Gasteiger partial charge in [-0.1, -0.05) is 12.5 Å². The molecule has 3 nitrogen and oxygen atoms in total. The maximum Gasteiger partial charge on any atom is 0.161 e. The summed E-state index contributed by atoms with van der Waals surface area (Å²) in [6.07, 6.45) is 4.12. The van der Waals surface area contributed by atoms with Crippen LogP contribution < -0.4 is 14.8 Å². The third-order valence-electron chi connectivity index (χ3n) is 3.50. The first-order chi connectivity index (χ1) is 9.83. The van der Waals surface area contributed by atoms with Crippen LogP contribution in [0.3, 0.4) is 0 Å². The Morgan fingerprint density at radius 1 is 1.30 bits per heavy atom. The van der Waals surface area contributed by atoms with Crippen molar-refractivity contribution in [2.75, 3.05) is 26.0 Å². The van der Waals surface area contributed by atoms with Crippen LogP contribution >= 0.6 is 11.8 Å². The van der Waals surface area contributed by atoms with Gasteiger partial charge in [0.1, 0.15) is 0 Å². The van der Waals surface area contributed by atoms with Crippen molar-refractivity contribution in [1.29, 1.82) is 0 Å². The molecule has 1 saturated heterocycles. The second-order valence-electron chi connectivity index (χ2n) is 5.04. The lowest BCUT2D eigenvalue weighted by Gasteiger charge is -2.21. The predicted molar refractivity (Wildman–Crippen MR) is 86.0 cm³/mol. The van der Waals surface area contributed by atoms with Crippen LogP contribution in [0.25, 0.3) is 0 Å². The van der Waals surface area contributed by atoms with Crippen LogP contribution in [-0.2, 0) is 6.54 Å². The maximum atomic E-state index is 5.53. The van der Waals surface area contributed by atoms with Crippen molar-refractivity contribution in [3.8, 4) is 11.5 Å². The fraction of sp³-hybridized carbons (Fsp3) is 0.625. The van der Waals surface area contributed by atoms with Gasteiger partial charge in [0.15, 0.2) is 11.5 Å². The molecule has 0 radical (unpaired) electrons. The summed E-state index contributed by atoms with van der Waals surface area (Å²) in [7, 11) is 1.69. The summed E-state index contributed by atoms with van der Waals surface area (Å²) in [4.78, 5) is 0. The third kappa shape index (κ3) is 4.60. The standard InChI is InChI=1S/C16H25NO2S/c1-3-19-15-8-7-13(10-16(15)18-2)11-17-12-14-6-4-5-9-20-14/h7-8,10,14,17H,3-6,9,11-12H2,1-2H3. The van der Waals surface area contributed by atoms with Crippen LogP contribution in [-0.4, -0.2) is 31.3 Å². The molecule has 0 aromatic heterocycles. The van der Waals surface area contributed by atoms with Crippen LogP contribution in [0.4, 0.5) is 0 Å². The molecule has 1 heterocycles. The minimum atomic E-state index is 0.660. The topological polar surface area (TPSA) is 30.5 Å². The van der Waals surface area contributed by atoms with Crippen molar-refractivity contribution in [1.82, 2.24) is 5.32 Å². The Labute approximate surface area is 126 Å². The Hall–Kier alpha value is -0.870. The lowest BCUT2D eigenvalue weighted by Crippen LogP contribution is -2.26. The molecule has 1 aromatic carbocycles. The monoisotopic (exact) mass is 295 g/mol. The number of hydrogen-bond donors (Lipinski definition) is 1. The first-order valence-electron chi connectivity index (χ1n) is 7.45. The first-order valence-corrected chi connectivity index (χ1v) is 8.50. The van der Waals surface area contributed by atoms with Gasteiger partial charge in [0, 0.05) is 18.3 Å². The van der Waals surface area contributed by atoms with E-state index in [0.29, 0.717) is 6.61 Å². The fourth-order valence-corrected chi connectivity index (χ4v) is 3.72. The molecule has 0 saturated carbocycles. The van der Waals surface area contributed by atoms with Crippen LogP contribution in [0.1, 0.15) is 31.7 Å². The predicted octanol–water partition coefficient (Wildman–Crippen LogP) is 3.47. The zero-order valence-electron chi connectivity index (χ0n) is 12.5. The molecule has 0 spiro atoms. The first kappa shape index (κ1) is 15.5. The molecule has 0 aliphatic carbocycles. The molecule has 112 valence electrons. The maximum absolute atomic E-state index is 5.53. The summed E-state index contributed by atoms with van der Waals surface area (Å²) < 4.78 is 10.9. The third-order valence-corrected chi connectivity index (χ3v) is 4.90. The highest BCUT2D eigenvalue weighted by atomic mass is 32.2. The highest BCUT2D eigenvalue weighted by Crippen LogP contribution is 2.28. The second-order valence-corrected chi connectivity index (χ2v) is 6.45. The summed E-state index contributed by atoms with van der Waals surface area (Å²) in [5.41, 5.74) is 1.24. The number of hydrogen-bond acceptors (Lipinski definition) is 4. The van der Waals surface area contributed by atoms with E-state index in [4.69, 9.17) is 9.47 Å².